The maximum atomic E-state index is 12.4. The Morgan fingerprint density at radius 2 is 1.68 bits per heavy atom. The fourth-order valence-electron chi connectivity index (χ4n) is 2.68. The molecule has 1 amide bonds. The number of carbonyl (C=O) groups excluding carboxylic acids is 1. The predicted molar refractivity (Wildman–Crippen MR) is 114 cm³/mol. The van der Waals surface area contributed by atoms with Gasteiger partial charge in [0.05, 0.1) is 26.5 Å². The molecule has 0 heterocycles. The van der Waals surface area contributed by atoms with Gasteiger partial charge >= 0.3 is 0 Å². The molecule has 28 heavy (non-hydrogen) atoms. The van der Waals surface area contributed by atoms with Crippen molar-refractivity contribution in [2.24, 2.45) is 0 Å². The van der Waals surface area contributed by atoms with Crippen LogP contribution in [0.25, 0.3) is 6.08 Å². The van der Waals surface area contributed by atoms with Crippen LogP contribution in [0.4, 0.5) is 5.69 Å². The molecule has 2 aromatic rings. The van der Waals surface area contributed by atoms with Gasteiger partial charge in [0.25, 0.3) is 0 Å². The second-order valence-corrected chi connectivity index (χ2v) is 7.33. The predicted octanol–water partition coefficient (Wildman–Crippen LogP) is 5.05. The van der Waals surface area contributed by atoms with Gasteiger partial charge in [0, 0.05) is 6.08 Å². The molecule has 0 aliphatic carbocycles. The van der Waals surface area contributed by atoms with Crippen LogP contribution in [-0.4, -0.2) is 26.7 Å². The van der Waals surface area contributed by atoms with E-state index in [1.165, 1.54) is 6.08 Å². The summed E-state index contributed by atoms with van der Waals surface area (Å²) in [6, 6.07) is 11.4. The minimum atomic E-state index is -0.239. The lowest BCUT2D eigenvalue weighted by atomic mass is 9.87. The van der Waals surface area contributed by atoms with E-state index in [2.05, 4.69) is 26.1 Å². The lowest BCUT2D eigenvalue weighted by molar-refractivity contribution is -0.111. The van der Waals surface area contributed by atoms with Crippen molar-refractivity contribution in [2.75, 3.05) is 26.1 Å². The summed E-state index contributed by atoms with van der Waals surface area (Å²) in [5.41, 5.74) is 2.57. The molecule has 0 aliphatic heterocycles. The van der Waals surface area contributed by atoms with E-state index in [0.29, 0.717) is 29.5 Å². The molecule has 0 aromatic heterocycles. The first-order valence-electron chi connectivity index (χ1n) is 9.27. The van der Waals surface area contributed by atoms with Crippen molar-refractivity contribution in [1.82, 2.24) is 0 Å². The zero-order valence-corrected chi connectivity index (χ0v) is 17.5. The highest BCUT2D eigenvalue weighted by Crippen LogP contribution is 2.32. The zero-order chi connectivity index (χ0) is 20.7. The Balaban J connectivity index is 2.18. The zero-order valence-electron chi connectivity index (χ0n) is 17.5. The van der Waals surface area contributed by atoms with Crippen molar-refractivity contribution in [2.45, 2.75) is 33.1 Å². The minimum Gasteiger partial charge on any atom is -0.495 e. The Hall–Kier alpha value is -2.95. The number of nitrogens with one attached hydrogen (secondary N) is 1. The quantitative estimate of drug-likeness (QED) is 0.680. The summed E-state index contributed by atoms with van der Waals surface area (Å²) >= 11 is 0. The molecule has 0 fully saturated rings. The minimum absolute atomic E-state index is 0.0273. The summed E-state index contributed by atoms with van der Waals surface area (Å²) in [4.78, 5) is 12.4. The summed E-state index contributed by atoms with van der Waals surface area (Å²) in [5, 5.41) is 2.90. The normalized spacial score (nSPS) is 11.4. The third kappa shape index (κ3) is 5.52. The highest BCUT2D eigenvalue weighted by molar-refractivity contribution is 6.02. The standard InChI is InChI=1S/C23H29NO4/c1-7-28-20-11-8-16(14-21(20)27-6)9-13-22(25)24-18-15-17(23(2,3)4)10-12-19(18)26-5/h8-15H,7H2,1-6H3,(H,24,25). The summed E-state index contributed by atoms with van der Waals surface area (Å²) in [6.07, 6.45) is 3.21. The molecular formula is C23H29NO4. The van der Waals surface area contributed by atoms with Crippen LogP contribution in [-0.2, 0) is 10.2 Å². The van der Waals surface area contributed by atoms with Crippen LogP contribution in [0.1, 0.15) is 38.8 Å². The number of carbonyl (C=O) groups is 1. The van der Waals surface area contributed by atoms with E-state index >= 15 is 0 Å². The van der Waals surface area contributed by atoms with Crippen LogP contribution < -0.4 is 19.5 Å². The Bertz CT molecular complexity index is 850. The molecule has 0 unspecified atom stereocenters. The van der Waals surface area contributed by atoms with Gasteiger partial charge in [0.15, 0.2) is 11.5 Å². The lowest BCUT2D eigenvalue weighted by Crippen LogP contribution is -2.14. The lowest BCUT2D eigenvalue weighted by Gasteiger charge is -2.21. The van der Waals surface area contributed by atoms with Crippen molar-refractivity contribution in [3.8, 4) is 17.2 Å². The SMILES string of the molecule is CCOc1ccc(C=CC(=O)Nc2cc(C(C)(C)C)ccc2OC)cc1OC. The van der Waals surface area contributed by atoms with Gasteiger partial charge in [-0.2, -0.15) is 0 Å². The molecule has 150 valence electrons. The molecule has 0 aliphatic rings. The van der Waals surface area contributed by atoms with Crippen LogP contribution in [0, 0.1) is 0 Å². The molecule has 1 N–H and O–H groups in total. The third-order valence-corrected chi connectivity index (χ3v) is 4.24. The van der Waals surface area contributed by atoms with E-state index in [1.54, 1.807) is 20.3 Å². The Labute approximate surface area is 167 Å². The number of amides is 1. The number of rotatable bonds is 7. The number of benzene rings is 2. The molecule has 0 bridgehead atoms. The third-order valence-electron chi connectivity index (χ3n) is 4.24. The van der Waals surface area contributed by atoms with E-state index in [4.69, 9.17) is 14.2 Å². The Morgan fingerprint density at radius 3 is 2.29 bits per heavy atom. The molecule has 0 saturated carbocycles. The summed E-state index contributed by atoms with van der Waals surface area (Å²) < 4.78 is 16.2. The van der Waals surface area contributed by atoms with Gasteiger partial charge in [0.2, 0.25) is 5.91 Å². The Kier molecular flexibility index (Phi) is 7.10. The molecule has 5 nitrogen and oxygen atoms in total. The summed E-state index contributed by atoms with van der Waals surface area (Å²) in [7, 11) is 3.18. The van der Waals surface area contributed by atoms with Gasteiger partial charge in [-0.25, -0.2) is 0 Å². The van der Waals surface area contributed by atoms with Gasteiger partial charge in [-0.3, -0.25) is 4.79 Å². The van der Waals surface area contributed by atoms with Crippen LogP contribution in [0.5, 0.6) is 17.2 Å². The van der Waals surface area contributed by atoms with E-state index in [1.807, 2.05) is 43.3 Å². The second kappa shape index (κ2) is 9.31. The van der Waals surface area contributed by atoms with Gasteiger partial charge in [-0.1, -0.05) is 32.9 Å². The van der Waals surface area contributed by atoms with Crippen LogP contribution in [0.2, 0.25) is 0 Å². The van der Waals surface area contributed by atoms with E-state index in [-0.39, 0.29) is 11.3 Å². The molecular weight excluding hydrogens is 354 g/mol. The molecule has 0 saturated heterocycles. The summed E-state index contributed by atoms with van der Waals surface area (Å²) in [5.74, 6) is 1.69. The van der Waals surface area contributed by atoms with Gasteiger partial charge < -0.3 is 19.5 Å². The molecule has 5 heteroatoms. The van der Waals surface area contributed by atoms with Crippen LogP contribution >= 0.6 is 0 Å². The fraction of sp³-hybridized carbons (Fsp3) is 0.348. The second-order valence-electron chi connectivity index (χ2n) is 7.33. The first-order valence-corrected chi connectivity index (χ1v) is 9.27. The maximum Gasteiger partial charge on any atom is 0.248 e. The monoisotopic (exact) mass is 383 g/mol. The topological polar surface area (TPSA) is 56.8 Å². The first-order chi connectivity index (χ1) is 13.3. The van der Waals surface area contributed by atoms with Gasteiger partial charge in [-0.15, -0.1) is 0 Å². The molecule has 2 aromatic carbocycles. The van der Waals surface area contributed by atoms with E-state index in [9.17, 15) is 4.79 Å². The van der Waals surface area contributed by atoms with Crippen molar-refractivity contribution in [1.29, 1.82) is 0 Å². The van der Waals surface area contributed by atoms with E-state index in [0.717, 1.165) is 11.1 Å². The number of methoxy groups -OCH3 is 2. The van der Waals surface area contributed by atoms with Crippen LogP contribution in [0.15, 0.2) is 42.5 Å². The maximum absolute atomic E-state index is 12.4. The number of anilines is 1. The highest BCUT2D eigenvalue weighted by atomic mass is 16.5. The largest absolute Gasteiger partial charge is 0.495 e. The summed E-state index contributed by atoms with van der Waals surface area (Å²) in [6.45, 7) is 8.85. The van der Waals surface area contributed by atoms with Crippen LogP contribution in [0.3, 0.4) is 0 Å². The molecule has 0 atom stereocenters. The van der Waals surface area contributed by atoms with Crippen molar-refractivity contribution in [3.05, 3.63) is 53.6 Å². The average molecular weight is 383 g/mol. The van der Waals surface area contributed by atoms with Crippen molar-refractivity contribution in [3.63, 3.8) is 0 Å². The van der Waals surface area contributed by atoms with Crippen molar-refractivity contribution < 1.29 is 19.0 Å². The first kappa shape index (κ1) is 21.4. The Morgan fingerprint density at radius 1 is 1.00 bits per heavy atom. The smallest absolute Gasteiger partial charge is 0.248 e. The van der Waals surface area contributed by atoms with Crippen molar-refractivity contribution >= 4 is 17.7 Å². The fourth-order valence-corrected chi connectivity index (χ4v) is 2.68. The molecule has 0 spiro atoms. The number of hydrogen-bond donors (Lipinski definition) is 1. The molecule has 0 radical (unpaired) electrons. The molecule has 2 rings (SSSR count). The van der Waals surface area contributed by atoms with E-state index < -0.39 is 0 Å². The highest BCUT2D eigenvalue weighted by Gasteiger charge is 2.16. The number of ether oxygens (including phenoxy) is 3. The van der Waals surface area contributed by atoms with Gasteiger partial charge in [-0.05, 0) is 53.8 Å². The average Bonchev–Trinajstić information content (AvgIpc) is 2.66. The van der Waals surface area contributed by atoms with Gasteiger partial charge in [0.1, 0.15) is 5.75 Å². The number of hydrogen-bond acceptors (Lipinski definition) is 4.